The maximum atomic E-state index is 12.8. The van der Waals surface area contributed by atoms with Crippen LogP contribution in [0.2, 0.25) is 0 Å². The quantitative estimate of drug-likeness (QED) is 0.304. The number of rotatable bonds is 8. The van der Waals surface area contributed by atoms with Gasteiger partial charge < -0.3 is 14.2 Å². The highest BCUT2D eigenvalue weighted by Gasteiger charge is 2.36. The number of carbonyl (C=O) groups excluding carboxylic acids is 1. The molecule has 5 rings (SSSR count). The zero-order valence-electron chi connectivity index (χ0n) is 20.5. The van der Waals surface area contributed by atoms with Crippen LogP contribution in [0, 0.1) is 19.3 Å². The van der Waals surface area contributed by atoms with Crippen LogP contribution in [0.4, 0.5) is 0 Å². The number of fused-ring (bicyclic) bond motifs is 1. The Labute approximate surface area is 222 Å². The zero-order chi connectivity index (χ0) is 25.9. The fourth-order valence-electron chi connectivity index (χ4n) is 3.87. The van der Waals surface area contributed by atoms with Gasteiger partial charge >= 0.3 is 0 Å². The SMILES string of the molecule is COc1cc(C=C2C(=N)N3N=C(c4cccs4)SC3=NC2=O)ccc1OCCOc1c(C)cccc1C. The Balaban J connectivity index is 1.28. The standard InChI is InChI=1S/C27H24N4O4S2/c1-16-6-4-7-17(2)23(16)35-12-11-34-20-10-9-18(15-21(20)33-3)14-19-24(28)31-27(29-25(19)32)37-26(30-31)22-8-5-13-36-22/h4-10,13-15,28H,11-12H2,1-3H3. The van der Waals surface area contributed by atoms with Crippen molar-refractivity contribution in [2.75, 3.05) is 20.3 Å². The summed E-state index contributed by atoms with van der Waals surface area (Å²) in [5.74, 6) is 1.44. The van der Waals surface area contributed by atoms with E-state index in [4.69, 9.17) is 19.6 Å². The molecule has 2 aliphatic rings. The number of aliphatic imine (C=N–C) groups is 1. The Morgan fingerprint density at radius 3 is 2.54 bits per heavy atom. The largest absolute Gasteiger partial charge is 0.493 e. The second-order valence-corrected chi connectivity index (χ2v) is 10.1. The van der Waals surface area contributed by atoms with Crippen LogP contribution in [0.15, 0.2) is 69.6 Å². The number of thioether (sulfide) groups is 1. The van der Waals surface area contributed by atoms with Gasteiger partial charge in [-0.3, -0.25) is 10.2 Å². The minimum Gasteiger partial charge on any atom is -0.493 e. The molecule has 1 amide bonds. The molecule has 0 radical (unpaired) electrons. The molecule has 10 heteroatoms. The predicted molar refractivity (Wildman–Crippen MR) is 148 cm³/mol. The Bertz CT molecular complexity index is 1440. The van der Waals surface area contributed by atoms with Gasteiger partial charge in [-0.25, -0.2) is 0 Å². The number of hydrogen-bond acceptors (Lipinski definition) is 8. The third-order valence-electron chi connectivity index (χ3n) is 5.68. The monoisotopic (exact) mass is 532 g/mol. The molecule has 3 aromatic rings. The summed E-state index contributed by atoms with van der Waals surface area (Å²) in [6.45, 7) is 4.75. The Morgan fingerprint density at radius 1 is 1.03 bits per heavy atom. The highest BCUT2D eigenvalue weighted by molar-refractivity contribution is 8.27. The van der Waals surface area contributed by atoms with E-state index < -0.39 is 5.91 Å². The number of aryl methyl sites for hydroxylation is 2. The number of hydrogen-bond donors (Lipinski definition) is 1. The smallest absolute Gasteiger partial charge is 0.283 e. The molecular weight excluding hydrogens is 508 g/mol. The lowest BCUT2D eigenvalue weighted by Crippen LogP contribution is -2.35. The number of benzene rings is 2. The van der Waals surface area contributed by atoms with Crippen LogP contribution in [-0.4, -0.2) is 47.3 Å². The van der Waals surface area contributed by atoms with Crippen molar-refractivity contribution < 1.29 is 19.0 Å². The number of carbonyl (C=O) groups is 1. The van der Waals surface area contributed by atoms with E-state index in [2.05, 4.69) is 10.1 Å². The van der Waals surface area contributed by atoms with Gasteiger partial charge in [-0.2, -0.15) is 15.1 Å². The minimum absolute atomic E-state index is 0.0167. The summed E-state index contributed by atoms with van der Waals surface area (Å²) >= 11 is 2.83. The molecular formula is C27H24N4O4S2. The van der Waals surface area contributed by atoms with Crippen LogP contribution in [0.5, 0.6) is 17.2 Å². The number of amides is 1. The zero-order valence-corrected chi connectivity index (χ0v) is 22.1. The van der Waals surface area contributed by atoms with Crippen LogP contribution in [0.3, 0.4) is 0 Å². The van der Waals surface area contributed by atoms with Crippen LogP contribution < -0.4 is 14.2 Å². The van der Waals surface area contributed by atoms with E-state index in [9.17, 15) is 4.79 Å². The van der Waals surface area contributed by atoms with E-state index in [-0.39, 0.29) is 11.4 Å². The van der Waals surface area contributed by atoms with Gasteiger partial charge in [-0.1, -0.05) is 30.3 Å². The summed E-state index contributed by atoms with van der Waals surface area (Å²) < 4.78 is 17.3. The van der Waals surface area contributed by atoms with Gasteiger partial charge in [0.15, 0.2) is 17.3 Å². The molecule has 2 aromatic carbocycles. The van der Waals surface area contributed by atoms with Crippen molar-refractivity contribution in [3.8, 4) is 17.2 Å². The molecule has 1 N–H and O–H groups in total. The first-order valence-electron chi connectivity index (χ1n) is 11.5. The van der Waals surface area contributed by atoms with Crippen molar-refractivity contribution in [1.82, 2.24) is 5.01 Å². The molecule has 0 fully saturated rings. The number of ether oxygens (including phenoxy) is 3. The van der Waals surface area contributed by atoms with Gasteiger partial charge in [-0.15, -0.1) is 11.3 Å². The number of thiophene rings is 1. The molecule has 188 valence electrons. The van der Waals surface area contributed by atoms with Crippen LogP contribution in [0.25, 0.3) is 6.08 Å². The molecule has 0 aliphatic carbocycles. The van der Waals surface area contributed by atoms with Gasteiger partial charge in [0.05, 0.1) is 17.6 Å². The number of methoxy groups -OCH3 is 1. The Morgan fingerprint density at radius 2 is 1.81 bits per heavy atom. The molecule has 8 nitrogen and oxygen atoms in total. The van der Waals surface area contributed by atoms with Crippen molar-refractivity contribution in [3.63, 3.8) is 0 Å². The number of nitrogens with zero attached hydrogens (tertiary/aromatic N) is 3. The fourth-order valence-corrected chi connectivity index (χ4v) is 5.56. The lowest BCUT2D eigenvalue weighted by atomic mass is 10.1. The van der Waals surface area contributed by atoms with Crippen molar-refractivity contribution in [3.05, 3.63) is 81.1 Å². The molecule has 2 aliphatic heterocycles. The average molecular weight is 533 g/mol. The average Bonchev–Trinajstić information content (AvgIpc) is 3.56. The number of hydrazone groups is 1. The molecule has 0 bridgehead atoms. The van der Waals surface area contributed by atoms with E-state index in [1.54, 1.807) is 42.7 Å². The van der Waals surface area contributed by atoms with E-state index in [0.717, 1.165) is 26.8 Å². The third kappa shape index (κ3) is 5.16. The molecule has 0 saturated heterocycles. The molecule has 0 saturated carbocycles. The molecule has 0 atom stereocenters. The summed E-state index contributed by atoms with van der Waals surface area (Å²) in [7, 11) is 1.55. The molecule has 0 spiro atoms. The van der Waals surface area contributed by atoms with Gasteiger partial charge in [-0.05, 0) is 72.0 Å². The molecule has 37 heavy (non-hydrogen) atoms. The van der Waals surface area contributed by atoms with E-state index in [0.29, 0.717) is 35.4 Å². The van der Waals surface area contributed by atoms with E-state index in [1.807, 2.05) is 49.6 Å². The second kappa shape index (κ2) is 10.6. The first kappa shape index (κ1) is 24.8. The molecule has 1 aromatic heterocycles. The fraction of sp³-hybridized carbons (Fsp3) is 0.185. The maximum absolute atomic E-state index is 12.8. The Kier molecular flexibility index (Phi) is 7.11. The number of nitrogens with one attached hydrogen (secondary N) is 1. The van der Waals surface area contributed by atoms with E-state index in [1.165, 1.54) is 16.8 Å². The summed E-state index contributed by atoms with van der Waals surface area (Å²) in [4.78, 5) is 17.9. The minimum atomic E-state index is -0.477. The second-order valence-electron chi connectivity index (χ2n) is 8.23. The Hall–Kier alpha value is -3.89. The number of amidine groups is 2. The van der Waals surface area contributed by atoms with Crippen molar-refractivity contribution in [2.45, 2.75) is 13.8 Å². The van der Waals surface area contributed by atoms with Gasteiger partial charge in [0, 0.05) is 0 Å². The third-order valence-corrected chi connectivity index (χ3v) is 7.63. The van der Waals surface area contributed by atoms with Gasteiger partial charge in [0.1, 0.15) is 24.0 Å². The topological polar surface area (TPSA) is 96.6 Å². The first-order chi connectivity index (χ1) is 17.9. The predicted octanol–water partition coefficient (Wildman–Crippen LogP) is 5.50. The highest BCUT2D eigenvalue weighted by Crippen LogP contribution is 2.33. The summed E-state index contributed by atoms with van der Waals surface area (Å²) in [6.07, 6.45) is 1.62. The van der Waals surface area contributed by atoms with Crippen LogP contribution in [0.1, 0.15) is 21.6 Å². The van der Waals surface area contributed by atoms with Crippen LogP contribution >= 0.6 is 23.1 Å². The van der Waals surface area contributed by atoms with Crippen LogP contribution in [-0.2, 0) is 4.79 Å². The van der Waals surface area contributed by atoms with Crippen molar-refractivity contribution in [2.24, 2.45) is 10.1 Å². The van der Waals surface area contributed by atoms with Gasteiger partial charge in [0.25, 0.3) is 5.91 Å². The molecule has 0 unspecified atom stereocenters. The lowest BCUT2D eigenvalue weighted by molar-refractivity contribution is -0.114. The number of para-hydroxylation sites is 1. The highest BCUT2D eigenvalue weighted by atomic mass is 32.2. The summed E-state index contributed by atoms with van der Waals surface area (Å²) in [5.41, 5.74) is 2.99. The van der Waals surface area contributed by atoms with E-state index >= 15 is 0 Å². The maximum Gasteiger partial charge on any atom is 0.283 e. The van der Waals surface area contributed by atoms with Gasteiger partial charge in [0.2, 0.25) is 5.17 Å². The summed E-state index contributed by atoms with van der Waals surface area (Å²) in [6, 6.07) is 15.2. The lowest BCUT2D eigenvalue weighted by Gasteiger charge is -2.20. The normalized spacial score (nSPS) is 16.0. The summed E-state index contributed by atoms with van der Waals surface area (Å²) in [5, 5.41) is 17.6. The van der Waals surface area contributed by atoms with Crippen molar-refractivity contribution in [1.29, 1.82) is 5.41 Å². The van der Waals surface area contributed by atoms with Crippen molar-refractivity contribution >= 4 is 51.1 Å². The molecule has 3 heterocycles. The first-order valence-corrected chi connectivity index (χ1v) is 13.2.